The fraction of sp³-hybridized carbons (Fsp3) is 0.138. The molecule has 0 aliphatic carbocycles. The van der Waals surface area contributed by atoms with Crippen molar-refractivity contribution >= 4 is 16.9 Å². The summed E-state index contributed by atoms with van der Waals surface area (Å²) in [6.45, 7) is 0.517. The van der Waals surface area contributed by atoms with Crippen LogP contribution in [0, 0.1) is 5.82 Å². The minimum Gasteiger partial charge on any atom is -0.493 e. The summed E-state index contributed by atoms with van der Waals surface area (Å²) in [7, 11) is 4.69. The van der Waals surface area contributed by atoms with Crippen molar-refractivity contribution in [2.24, 2.45) is 7.05 Å². The SMILES string of the molecule is COc1ccc2c(Oc3ccc(-c4cnc(NCc5ccccc5)n(C)c4=O)cc3F)ccnc2c1OC. The summed E-state index contributed by atoms with van der Waals surface area (Å²) >= 11 is 0. The average Bonchev–Trinajstić information content (AvgIpc) is 2.95. The van der Waals surface area contributed by atoms with E-state index in [-0.39, 0.29) is 16.9 Å². The third-order valence-corrected chi connectivity index (χ3v) is 6.14. The standard InChI is InChI=1S/C29H25FN4O4/c1-34-28(35)21(17-33-29(34)32-16-18-7-5-4-6-8-18)19-9-11-24(22(30)15-19)38-23-13-14-31-26-20(23)10-12-25(36-2)27(26)37-3/h4-15,17H,16H2,1-3H3,(H,32,33). The van der Waals surface area contributed by atoms with Crippen LogP contribution >= 0.6 is 0 Å². The van der Waals surface area contributed by atoms with E-state index >= 15 is 4.39 Å². The fourth-order valence-corrected chi connectivity index (χ4v) is 4.15. The number of nitrogens with one attached hydrogen (secondary N) is 1. The number of benzene rings is 3. The van der Waals surface area contributed by atoms with Crippen molar-refractivity contribution in [3.8, 4) is 34.1 Å². The van der Waals surface area contributed by atoms with Gasteiger partial charge in [0.1, 0.15) is 11.3 Å². The molecule has 1 N–H and O–H groups in total. The van der Waals surface area contributed by atoms with E-state index in [2.05, 4.69) is 15.3 Å². The van der Waals surface area contributed by atoms with Crippen molar-refractivity contribution < 1.29 is 18.6 Å². The van der Waals surface area contributed by atoms with Crippen molar-refractivity contribution in [2.45, 2.75) is 6.54 Å². The molecule has 9 heteroatoms. The van der Waals surface area contributed by atoms with E-state index in [1.807, 2.05) is 30.3 Å². The van der Waals surface area contributed by atoms with Crippen LogP contribution in [0.4, 0.5) is 10.3 Å². The molecule has 0 spiro atoms. The van der Waals surface area contributed by atoms with Gasteiger partial charge in [-0.05, 0) is 41.5 Å². The van der Waals surface area contributed by atoms with Crippen LogP contribution in [0.3, 0.4) is 0 Å². The molecule has 0 aliphatic rings. The Morgan fingerprint density at radius 3 is 2.45 bits per heavy atom. The van der Waals surface area contributed by atoms with E-state index in [1.165, 1.54) is 30.0 Å². The molecule has 0 unspecified atom stereocenters. The number of methoxy groups -OCH3 is 2. The van der Waals surface area contributed by atoms with Gasteiger partial charge in [-0.3, -0.25) is 14.3 Å². The van der Waals surface area contributed by atoms with Gasteiger partial charge in [0.25, 0.3) is 5.56 Å². The van der Waals surface area contributed by atoms with Gasteiger partial charge in [0.15, 0.2) is 23.1 Å². The molecule has 8 nitrogen and oxygen atoms in total. The zero-order valence-corrected chi connectivity index (χ0v) is 21.1. The summed E-state index contributed by atoms with van der Waals surface area (Å²) in [6.07, 6.45) is 3.00. The average molecular weight is 513 g/mol. The van der Waals surface area contributed by atoms with E-state index in [1.54, 1.807) is 44.6 Å². The summed E-state index contributed by atoms with van der Waals surface area (Å²) in [4.78, 5) is 21.8. The molecule has 0 saturated heterocycles. The van der Waals surface area contributed by atoms with Crippen LogP contribution in [0.1, 0.15) is 5.56 Å². The van der Waals surface area contributed by atoms with Crippen LogP contribution < -0.4 is 25.1 Å². The highest BCUT2D eigenvalue weighted by molar-refractivity contribution is 5.92. The summed E-state index contributed by atoms with van der Waals surface area (Å²) in [5.41, 5.74) is 1.95. The maximum Gasteiger partial charge on any atom is 0.262 e. The second kappa shape index (κ2) is 10.6. The largest absolute Gasteiger partial charge is 0.493 e. The van der Waals surface area contributed by atoms with Crippen LogP contribution in [-0.2, 0) is 13.6 Å². The van der Waals surface area contributed by atoms with Gasteiger partial charge in [0, 0.05) is 31.4 Å². The van der Waals surface area contributed by atoms with Crippen LogP contribution in [0.5, 0.6) is 23.0 Å². The van der Waals surface area contributed by atoms with E-state index in [9.17, 15) is 4.79 Å². The highest BCUT2D eigenvalue weighted by atomic mass is 19.1. The first kappa shape index (κ1) is 24.8. The quantitative estimate of drug-likeness (QED) is 0.291. The maximum absolute atomic E-state index is 15.2. The second-order valence-corrected chi connectivity index (χ2v) is 8.45. The third kappa shape index (κ3) is 4.73. The first-order chi connectivity index (χ1) is 18.5. The second-order valence-electron chi connectivity index (χ2n) is 8.45. The van der Waals surface area contributed by atoms with E-state index < -0.39 is 5.82 Å². The zero-order chi connectivity index (χ0) is 26.6. The van der Waals surface area contributed by atoms with Gasteiger partial charge in [-0.1, -0.05) is 36.4 Å². The van der Waals surface area contributed by atoms with Crippen molar-refractivity contribution in [1.82, 2.24) is 14.5 Å². The molecule has 5 rings (SSSR count). The van der Waals surface area contributed by atoms with Gasteiger partial charge in [-0.25, -0.2) is 9.37 Å². The molecule has 2 heterocycles. The summed E-state index contributed by atoms with van der Waals surface area (Å²) in [5.74, 6) is 1.17. The van der Waals surface area contributed by atoms with Crippen molar-refractivity contribution in [3.63, 3.8) is 0 Å². The smallest absolute Gasteiger partial charge is 0.262 e. The first-order valence-electron chi connectivity index (χ1n) is 11.8. The van der Waals surface area contributed by atoms with Gasteiger partial charge >= 0.3 is 0 Å². The lowest BCUT2D eigenvalue weighted by molar-refractivity contribution is 0.358. The van der Waals surface area contributed by atoms with Gasteiger partial charge in [-0.15, -0.1) is 0 Å². The van der Waals surface area contributed by atoms with Crippen molar-refractivity contribution in [3.05, 3.63) is 101 Å². The highest BCUT2D eigenvalue weighted by Crippen LogP contribution is 2.39. The van der Waals surface area contributed by atoms with Crippen LogP contribution in [0.15, 0.2) is 83.9 Å². The third-order valence-electron chi connectivity index (χ3n) is 6.14. The molecule has 0 bridgehead atoms. The zero-order valence-electron chi connectivity index (χ0n) is 21.1. The molecule has 0 atom stereocenters. The Labute approximate surface area is 218 Å². The molecule has 0 fully saturated rings. The first-order valence-corrected chi connectivity index (χ1v) is 11.8. The maximum atomic E-state index is 15.2. The normalized spacial score (nSPS) is 10.8. The number of hydrogen-bond acceptors (Lipinski definition) is 7. The highest BCUT2D eigenvalue weighted by Gasteiger charge is 2.16. The van der Waals surface area contributed by atoms with Gasteiger partial charge < -0.3 is 19.5 Å². The molecule has 0 saturated carbocycles. The predicted molar refractivity (Wildman–Crippen MR) is 144 cm³/mol. The molecular weight excluding hydrogens is 487 g/mol. The topological polar surface area (TPSA) is 87.5 Å². The molecule has 192 valence electrons. The minimum absolute atomic E-state index is 0.00182. The lowest BCUT2D eigenvalue weighted by Gasteiger charge is -2.14. The molecular formula is C29H25FN4O4. The number of pyridine rings is 1. The Bertz CT molecular complexity index is 1670. The van der Waals surface area contributed by atoms with Crippen LogP contribution in [0.2, 0.25) is 0 Å². The summed E-state index contributed by atoms with van der Waals surface area (Å²) in [5, 5.41) is 3.79. The molecule has 3 aromatic carbocycles. The number of nitrogens with zero attached hydrogens (tertiary/aromatic N) is 3. The van der Waals surface area contributed by atoms with Gasteiger partial charge in [0.05, 0.1) is 19.8 Å². The number of anilines is 1. The molecule has 0 radical (unpaired) electrons. The monoisotopic (exact) mass is 512 g/mol. The summed E-state index contributed by atoms with van der Waals surface area (Å²) in [6, 6.07) is 19.3. The number of fused-ring (bicyclic) bond motifs is 1. The Morgan fingerprint density at radius 1 is 0.921 bits per heavy atom. The molecule has 2 aromatic heterocycles. The number of ether oxygens (including phenoxy) is 3. The number of halogens is 1. The fourth-order valence-electron chi connectivity index (χ4n) is 4.15. The summed E-state index contributed by atoms with van der Waals surface area (Å²) < 4.78 is 33.3. The number of hydrogen-bond donors (Lipinski definition) is 1. The lowest BCUT2D eigenvalue weighted by atomic mass is 10.1. The van der Waals surface area contributed by atoms with Crippen molar-refractivity contribution in [1.29, 1.82) is 0 Å². The molecule has 5 aromatic rings. The molecule has 0 amide bonds. The van der Waals surface area contributed by atoms with E-state index in [4.69, 9.17) is 14.2 Å². The van der Waals surface area contributed by atoms with Gasteiger partial charge in [0.2, 0.25) is 5.95 Å². The minimum atomic E-state index is -0.624. The van der Waals surface area contributed by atoms with Crippen molar-refractivity contribution in [2.75, 3.05) is 19.5 Å². The molecule has 38 heavy (non-hydrogen) atoms. The van der Waals surface area contributed by atoms with E-state index in [0.29, 0.717) is 46.2 Å². The van der Waals surface area contributed by atoms with Gasteiger partial charge in [-0.2, -0.15) is 0 Å². The predicted octanol–water partition coefficient (Wildman–Crippen LogP) is 5.56. The van der Waals surface area contributed by atoms with E-state index in [0.717, 1.165) is 5.56 Å². The Kier molecular flexibility index (Phi) is 6.90. The van der Waals surface area contributed by atoms with Crippen LogP contribution in [-0.4, -0.2) is 28.8 Å². The Hall–Kier alpha value is -4.92. The van der Waals surface area contributed by atoms with Crippen LogP contribution in [0.25, 0.3) is 22.0 Å². The lowest BCUT2D eigenvalue weighted by Crippen LogP contribution is -2.23. The molecule has 0 aliphatic heterocycles. The number of aromatic nitrogens is 3. The number of rotatable bonds is 8. The Morgan fingerprint density at radius 2 is 1.71 bits per heavy atom. The Balaban J connectivity index is 1.41.